The zero-order chi connectivity index (χ0) is 20.8. The third kappa shape index (κ3) is 5.43. The number of hydrogen-bond donors (Lipinski definition) is 2. The number of anilines is 1. The first-order valence-electron chi connectivity index (χ1n) is 8.61. The zero-order valence-electron chi connectivity index (χ0n) is 15.6. The first-order chi connectivity index (χ1) is 14.0. The van der Waals surface area contributed by atoms with Gasteiger partial charge in [-0.2, -0.15) is 0 Å². The number of carbonyl (C=O) groups is 1. The van der Waals surface area contributed by atoms with E-state index < -0.39 is 0 Å². The molecule has 0 bridgehead atoms. The quantitative estimate of drug-likeness (QED) is 0.339. The summed E-state index contributed by atoms with van der Waals surface area (Å²) in [6, 6.07) is 12.8. The molecule has 150 valence electrons. The van der Waals surface area contributed by atoms with Crippen LogP contribution in [0, 0.1) is 0 Å². The number of phenolic OH excluding ortho intramolecular Hbond substituents is 1. The minimum Gasteiger partial charge on any atom is -0.507 e. The van der Waals surface area contributed by atoms with Crippen molar-refractivity contribution in [2.45, 2.75) is 16.6 Å². The van der Waals surface area contributed by atoms with Gasteiger partial charge in [-0.1, -0.05) is 39.8 Å². The SMILES string of the molecule is C=CCn1c(SCC(=O)Nc2cccc(SC)c2)nnc1-c1cc(Br)ccc1O. The van der Waals surface area contributed by atoms with E-state index >= 15 is 0 Å². The van der Waals surface area contributed by atoms with Crippen molar-refractivity contribution in [3.05, 3.63) is 59.6 Å². The number of hydrogen-bond acceptors (Lipinski definition) is 6. The van der Waals surface area contributed by atoms with E-state index in [0.717, 1.165) is 15.1 Å². The fourth-order valence-corrected chi connectivity index (χ4v) is 4.17. The smallest absolute Gasteiger partial charge is 0.234 e. The van der Waals surface area contributed by atoms with Gasteiger partial charge in [0.05, 0.1) is 11.3 Å². The van der Waals surface area contributed by atoms with Crippen molar-refractivity contribution in [3.8, 4) is 17.1 Å². The molecule has 29 heavy (non-hydrogen) atoms. The molecule has 3 aromatic rings. The Kier molecular flexibility index (Phi) is 7.40. The number of carbonyl (C=O) groups excluding carboxylic acids is 1. The highest BCUT2D eigenvalue weighted by Gasteiger charge is 2.18. The number of rotatable bonds is 8. The molecule has 0 aliphatic carbocycles. The van der Waals surface area contributed by atoms with E-state index in [1.165, 1.54) is 11.8 Å². The highest BCUT2D eigenvalue weighted by atomic mass is 79.9. The van der Waals surface area contributed by atoms with Crippen molar-refractivity contribution in [1.82, 2.24) is 14.8 Å². The highest BCUT2D eigenvalue weighted by molar-refractivity contribution is 9.10. The van der Waals surface area contributed by atoms with Crippen LogP contribution >= 0.6 is 39.5 Å². The van der Waals surface area contributed by atoms with E-state index in [2.05, 4.69) is 38.0 Å². The van der Waals surface area contributed by atoms with Gasteiger partial charge in [0.1, 0.15) is 5.75 Å². The molecule has 0 fully saturated rings. The van der Waals surface area contributed by atoms with Gasteiger partial charge in [0.15, 0.2) is 11.0 Å². The van der Waals surface area contributed by atoms with Crippen molar-refractivity contribution in [3.63, 3.8) is 0 Å². The fraction of sp³-hybridized carbons (Fsp3) is 0.150. The van der Waals surface area contributed by atoms with Crippen LogP contribution in [0.2, 0.25) is 0 Å². The largest absolute Gasteiger partial charge is 0.507 e. The molecule has 6 nitrogen and oxygen atoms in total. The number of nitrogens with one attached hydrogen (secondary N) is 1. The molecule has 3 rings (SSSR count). The average Bonchev–Trinajstić information content (AvgIpc) is 3.11. The van der Waals surface area contributed by atoms with Crippen LogP contribution in [0.3, 0.4) is 0 Å². The lowest BCUT2D eigenvalue weighted by Gasteiger charge is -2.10. The monoisotopic (exact) mass is 490 g/mol. The van der Waals surface area contributed by atoms with Gasteiger partial charge < -0.3 is 10.4 Å². The molecule has 0 saturated heterocycles. The first kappa shape index (κ1) is 21.5. The summed E-state index contributed by atoms with van der Waals surface area (Å²) in [5.41, 5.74) is 1.31. The van der Waals surface area contributed by atoms with Gasteiger partial charge in [-0.05, 0) is 42.7 Å². The third-order valence-corrected chi connectivity index (χ3v) is 6.10. The second-order valence-electron chi connectivity index (χ2n) is 5.94. The van der Waals surface area contributed by atoms with Crippen LogP contribution in [0.1, 0.15) is 0 Å². The number of aromatic hydroxyl groups is 1. The summed E-state index contributed by atoms with van der Waals surface area (Å²) >= 11 is 6.31. The molecule has 0 aliphatic heterocycles. The van der Waals surface area contributed by atoms with E-state index in [4.69, 9.17) is 0 Å². The molecule has 0 saturated carbocycles. The molecule has 9 heteroatoms. The molecular formula is C20H19BrN4O2S2. The van der Waals surface area contributed by atoms with Gasteiger partial charge in [-0.3, -0.25) is 9.36 Å². The van der Waals surface area contributed by atoms with Crippen LogP contribution < -0.4 is 5.32 Å². The Balaban J connectivity index is 1.75. The second-order valence-corrected chi connectivity index (χ2v) is 8.67. The van der Waals surface area contributed by atoms with Crippen LogP contribution in [-0.2, 0) is 11.3 Å². The van der Waals surface area contributed by atoms with E-state index in [1.54, 1.807) is 36.0 Å². The minimum atomic E-state index is -0.131. The minimum absolute atomic E-state index is 0.105. The van der Waals surface area contributed by atoms with Crippen molar-refractivity contribution < 1.29 is 9.90 Å². The number of benzene rings is 2. The summed E-state index contributed by atoms with van der Waals surface area (Å²) in [7, 11) is 0. The number of allylic oxidation sites excluding steroid dienone is 1. The first-order valence-corrected chi connectivity index (χ1v) is 11.6. The topological polar surface area (TPSA) is 80.0 Å². The van der Waals surface area contributed by atoms with Crippen molar-refractivity contribution >= 4 is 51.0 Å². The Bertz CT molecular complexity index is 1040. The Hall–Kier alpha value is -2.23. The van der Waals surface area contributed by atoms with Crippen molar-refractivity contribution in [2.24, 2.45) is 0 Å². The summed E-state index contributed by atoms with van der Waals surface area (Å²) < 4.78 is 2.64. The number of aromatic nitrogens is 3. The third-order valence-electron chi connectivity index (χ3n) is 3.91. The van der Waals surface area contributed by atoms with E-state index in [1.807, 2.05) is 35.1 Å². The van der Waals surface area contributed by atoms with E-state index in [9.17, 15) is 9.90 Å². The summed E-state index contributed by atoms with van der Waals surface area (Å²) in [5.74, 6) is 0.671. The Morgan fingerprint density at radius 3 is 2.90 bits per heavy atom. The van der Waals surface area contributed by atoms with Crippen molar-refractivity contribution in [2.75, 3.05) is 17.3 Å². The number of amides is 1. The van der Waals surface area contributed by atoms with Crippen LogP contribution in [0.4, 0.5) is 5.69 Å². The normalized spacial score (nSPS) is 10.7. The molecule has 0 aliphatic rings. The van der Waals surface area contributed by atoms with E-state index in [0.29, 0.717) is 23.1 Å². The van der Waals surface area contributed by atoms with Gasteiger partial charge in [-0.15, -0.1) is 28.5 Å². The molecule has 2 aromatic carbocycles. The molecule has 0 spiro atoms. The maximum atomic E-state index is 12.4. The van der Waals surface area contributed by atoms with Gasteiger partial charge in [0.25, 0.3) is 0 Å². The maximum Gasteiger partial charge on any atom is 0.234 e. The number of halogens is 1. The molecule has 1 heterocycles. The summed E-state index contributed by atoms with van der Waals surface area (Å²) in [6.07, 6.45) is 3.71. The Labute approximate surface area is 185 Å². The Morgan fingerprint density at radius 1 is 1.31 bits per heavy atom. The number of nitrogens with zero attached hydrogens (tertiary/aromatic N) is 3. The highest BCUT2D eigenvalue weighted by Crippen LogP contribution is 2.32. The lowest BCUT2D eigenvalue weighted by Crippen LogP contribution is -2.14. The predicted octanol–water partition coefficient (Wildman–Crippen LogP) is 5.05. The Morgan fingerprint density at radius 2 is 2.14 bits per heavy atom. The zero-order valence-corrected chi connectivity index (χ0v) is 18.9. The number of phenols is 1. The molecule has 0 radical (unpaired) electrons. The summed E-state index contributed by atoms with van der Waals surface area (Å²) in [6.45, 7) is 4.23. The average molecular weight is 491 g/mol. The van der Waals surface area contributed by atoms with Crippen LogP contribution in [0.25, 0.3) is 11.4 Å². The molecular weight excluding hydrogens is 472 g/mol. The lowest BCUT2D eigenvalue weighted by atomic mass is 10.2. The van der Waals surface area contributed by atoms with Gasteiger partial charge in [0.2, 0.25) is 5.91 Å². The van der Waals surface area contributed by atoms with E-state index in [-0.39, 0.29) is 17.4 Å². The van der Waals surface area contributed by atoms with Crippen LogP contribution in [-0.4, -0.2) is 37.8 Å². The maximum absolute atomic E-state index is 12.4. The molecule has 2 N–H and O–H groups in total. The van der Waals surface area contributed by atoms with Crippen molar-refractivity contribution in [1.29, 1.82) is 0 Å². The van der Waals surface area contributed by atoms with Gasteiger partial charge in [0, 0.05) is 21.6 Å². The standard InChI is InChI=1S/C20H19BrN4O2S2/c1-3-9-25-19(16-10-13(21)7-8-17(16)26)23-24-20(25)29-12-18(27)22-14-5-4-6-15(11-14)28-2/h3-8,10-11,26H,1,9,12H2,2H3,(H,22,27). The van der Waals surface area contributed by atoms with Gasteiger partial charge >= 0.3 is 0 Å². The van der Waals surface area contributed by atoms with Crippen LogP contribution in [0.5, 0.6) is 5.75 Å². The molecule has 0 atom stereocenters. The van der Waals surface area contributed by atoms with Crippen LogP contribution in [0.15, 0.2) is 69.6 Å². The lowest BCUT2D eigenvalue weighted by molar-refractivity contribution is -0.113. The second kappa shape index (κ2) is 10.00. The molecule has 0 unspecified atom stereocenters. The summed E-state index contributed by atoms with van der Waals surface area (Å²) in [4.78, 5) is 13.5. The fourth-order valence-electron chi connectivity index (χ4n) is 2.60. The number of thioether (sulfide) groups is 2. The summed E-state index contributed by atoms with van der Waals surface area (Å²) in [5, 5.41) is 22.1. The van der Waals surface area contributed by atoms with Gasteiger partial charge in [-0.25, -0.2) is 0 Å². The molecule has 1 amide bonds. The molecule has 1 aromatic heterocycles. The predicted molar refractivity (Wildman–Crippen MR) is 123 cm³/mol.